The second kappa shape index (κ2) is 9.31. The Morgan fingerprint density at radius 2 is 1.68 bits per heavy atom. The van der Waals surface area contributed by atoms with E-state index in [1.807, 2.05) is 12.1 Å². The zero-order valence-corrected chi connectivity index (χ0v) is 11.7. The van der Waals surface area contributed by atoms with Crippen molar-refractivity contribution in [2.45, 2.75) is 45.4 Å². The van der Waals surface area contributed by atoms with Gasteiger partial charge in [-0.2, -0.15) is 0 Å². The van der Waals surface area contributed by atoms with Gasteiger partial charge in [-0.3, -0.25) is 9.59 Å². The molecule has 0 atom stereocenters. The predicted molar refractivity (Wildman–Crippen MR) is 78.7 cm³/mol. The van der Waals surface area contributed by atoms with E-state index in [4.69, 9.17) is 0 Å². The van der Waals surface area contributed by atoms with Crippen LogP contribution in [0, 0.1) is 0 Å². The molecule has 0 aliphatic carbocycles. The van der Waals surface area contributed by atoms with Crippen LogP contribution in [0.1, 0.15) is 55.8 Å². The summed E-state index contributed by atoms with van der Waals surface area (Å²) in [6.07, 6.45) is 8.03. The topological polar surface area (TPSA) is 46.2 Å². The molecule has 0 bridgehead atoms. The number of rotatable bonds is 10. The van der Waals surface area contributed by atoms with Crippen molar-refractivity contribution in [2.24, 2.45) is 0 Å². The molecule has 0 aromatic heterocycles. The van der Waals surface area contributed by atoms with Gasteiger partial charge in [0, 0.05) is 17.8 Å². The van der Waals surface area contributed by atoms with E-state index in [-0.39, 0.29) is 0 Å². The highest BCUT2D eigenvalue weighted by Crippen LogP contribution is 2.10. The van der Waals surface area contributed by atoms with Crippen molar-refractivity contribution in [1.29, 1.82) is 0 Å². The Morgan fingerprint density at radius 3 is 2.32 bits per heavy atom. The molecule has 1 N–H and O–H groups in total. The van der Waals surface area contributed by atoms with Gasteiger partial charge in [0.2, 0.25) is 5.78 Å². The zero-order valence-electron chi connectivity index (χ0n) is 11.7. The predicted octanol–water partition coefficient (Wildman–Crippen LogP) is 3.84. The molecular formula is C16H23NO2. The van der Waals surface area contributed by atoms with E-state index in [9.17, 15) is 9.59 Å². The van der Waals surface area contributed by atoms with Crippen LogP contribution in [0.3, 0.4) is 0 Å². The fourth-order valence-corrected chi connectivity index (χ4v) is 1.96. The number of ketones is 1. The first kappa shape index (κ1) is 15.4. The van der Waals surface area contributed by atoms with Gasteiger partial charge in [-0.05, 0) is 30.7 Å². The number of hydrogen-bond acceptors (Lipinski definition) is 3. The first-order chi connectivity index (χ1) is 9.27. The molecule has 0 spiro atoms. The van der Waals surface area contributed by atoms with Crippen molar-refractivity contribution >= 4 is 17.8 Å². The summed E-state index contributed by atoms with van der Waals surface area (Å²) in [6.45, 7) is 3.17. The molecule has 0 heterocycles. The lowest BCUT2D eigenvalue weighted by Crippen LogP contribution is -2.03. The van der Waals surface area contributed by atoms with E-state index in [2.05, 4.69) is 12.2 Å². The maximum Gasteiger partial charge on any atom is 0.225 e. The van der Waals surface area contributed by atoms with Crippen LogP contribution in [-0.4, -0.2) is 18.6 Å². The molecule has 1 rings (SSSR count). The normalized spacial score (nSPS) is 10.2. The van der Waals surface area contributed by atoms with Gasteiger partial charge in [-0.25, -0.2) is 0 Å². The summed E-state index contributed by atoms with van der Waals surface area (Å²) >= 11 is 0. The van der Waals surface area contributed by atoms with E-state index in [0.717, 1.165) is 12.2 Å². The van der Waals surface area contributed by atoms with Gasteiger partial charge in [0.25, 0.3) is 0 Å². The Morgan fingerprint density at radius 1 is 1.05 bits per heavy atom. The highest BCUT2D eigenvalue weighted by atomic mass is 16.2. The van der Waals surface area contributed by atoms with Crippen molar-refractivity contribution in [3.05, 3.63) is 29.8 Å². The molecule has 0 fully saturated rings. The zero-order chi connectivity index (χ0) is 13.9. The van der Waals surface area contributed by atoms with Gasteiger partial charge < -0.3 is 5.32 Å². The molecule has 0 saturated heterocycles. The molecule has 3 nitrogen and oxygen atoms in total. The van der Waals surface area contributed by atoms with Crippen LogP contribution in [0.15, 0.2) is 24.3 Å². The lowest BCUT2D eigenvalue weighted by atomic mass is 10.1. The minimum atomic E-state index is -0.470. The van der Waals surface area contributed by atoms with Gasteiger partial charge in [0.05, 0.1) is 0 Å². The minimum absolute atomic E-state index is 0.346. The van der Waals surface area contributed by atoms with Gasteiger partial charge in [-0.1, -0.05) is 39.0 Å². The molecular weight excluding hydrogens is 238 g/mol. The highest BCUT2D eigenvalue weighted by molar-refractivity contribution is 6.33. The Kier molecular flexibility index (Phi) is 7.56. The number of carbonyl (C=O) groups is 2. The minimum Gasteiger partial charge on any atom is -0.385 e. The van der Waals surface area contributed by atoms with Crippen LogP contribution in [0.5, 0.6) is 0 Å². The number of carbonyl (C=O) groups excluding carboxylic acids is 2. The van der Waals surface area contributed by atoms with E-state index < -0.39 is 5.78 Å². The average molecular weight is 261 g/mol. The summed E-state index contributed by atoms with van der Waals surface area (Å²) in [4.78, 5) is 21.5. The number of nitrogens with one attached hydrogen (secondary N) is 1. The van der Waals surface area contributed by atoms with E-state index in [1.165, 1.54) is 38.5 Å². The SMILES string of the molecule is CCCCCCCCNc1ccc(C(=O)C=O)cc1. The van der Waals surface area contributed by atoms with Gasteiger partial charge >= 0.3 is 0 Å². The number of benzene rings is 1. The van der Waals surface area contributed by atoms with Crippen molar-refractivity contribution in [1.82, 2.24) is 0 Å². The molecule has 3 heteroatoms. The molecule has 0 radical (unpaired) electrons. The molecule has 0 aliphatic heterocycles. The van der Waals surface area contributed by atoms with Gasteiger partial charge in [0.1, 0.15) is 0 Å². The number of unbranched alkanes of at least 4 members (excludes halogenated alkanes) is 5. The Bertz CT molecular complexity index is 384. The van der Waals surface area contributed by atoms with Crippen LogP contribution >= 0.6 is 0 Å². The summed E-state index contributed by atoms with van der Waals surface area (Å²) in [7, 11) is 0. The summed E-state index contributed by atoms with van der Waals surface area (Å²) < 4.78 is 0. The number of hydrogen-bond donors (Lipinski definition) is 1. The Hall–Kier alpha value is -1.64. The van der Waals surface area contributed by atoms with E-state index in [0.29, 0.717) is 11.8 Å². The maximum atomic E-state index is 11.1. The first-order valence-corrected chi connectivity index (χ1v) is 7.11. The summed E-state index contributed by atoms with van der Waals surface area (Å²) in [5, 5.41) is 3.32. The lowest BCUT2D eigenvalue weighted by molar-refractivity contribution is -0.104. The molecule has 0 aliphatic rings. The van der Waals surface area contributed by atoms with E-state index >= 15 is 0 Å². The van der Waals surface area contributed by atoms with Gasteiger partial charge in [-0.15, -0.1) is 0 Å². The van der Waals surface area contributed by atoms with Gasteiger partial charge in [0.15, 0.2) is 6.29 Å². The lowest BCUT2D eigenvalue weighted by Gasteiger charge is -2.06. The third-order valence-electron chi connectivity index (χ3n) is 3.14. The largest absolute Gasteiger partial charge is 0.385 e. The van der Waals surface area contributed by atoms with Crippen molar-refractivity contribution in [2.75, 3.05) is 11.9 Å². The summed E-state index contributed by atoms with van der Waals surface area (Å²) in [5.41, 5.74) is 1.44. The summed E-state index contributed by atoms with van der Waals surface area (Å²) in [6, 6.07) is 7.04. The molecule has 0 unspecified atom stereocenters. The number of Topliss-reactive ketones (excluding diaryl/α,β-unsaturated/α-hetero) is 1. The van der Waals surface area contributed by atoms with Crippen LogP contribution in [-0.2, 0) is 4.79 Å². The van der Waals surface area contributed by atoms with Crippen LogP contribution in [0.4, 0.5) is 5.69 Å². The van der Waals surface area contributed by atoms with Crippen LogP contribution in [0.25, 0.3) is 0 Å². The number of aldehydes is 1. The highest BCUT2D eigenvalue weighted by Gasteiger charge is 2.02. The van der Waals surface area contributed by atoms with Crippen molar-refractivity contribution in [3.63, 3.8) is 0 Å². The third kappa shape index (κ3) is 6.18. The molecule has 19 heavy (non-hydrogen) atoms. The van der Waals surface area contributed by atoms with Crippen molar-refractivity contribution in [3.8, 4) is 0 Å². The first-order valence-electron chi connectivity index (χ1n) is 7.11. The van der Waals surface area contributed by atoms with Crippen LogP contribution in [0.2, 0.25) is 0 Å². The Labute approximate surface area is 115 Å². The fraction of sp³-hybridized carbons (Fsp3) is 0.500. The third-order valence-corrected chi connectivity index (χ3v) is 3.14. The smallest absolute Gasteiger partial charge is 0.225 e. The van der Waals surface area contributed by atoms with Crippen molar-refractivity contribution < 1.29 is 9.59 Å². The second-order valence-corrected chi connectivity index (χ2v) is 4.75. The second-order valence-electron chi connectivity index (χ2n) is 4.75. The molecule has 0 saturated carbocycles. The summed E-state index contributed by atoms with van der Waals surface area (Å²) in [5.74, 6) is -0.470. The average Bonchev–Trinajstić information content (AvgIpc) is 2.46. The van der Waals surface area contributed by atoms with Crippen LogP contribution < -0.4 is 5.32 Å². The molecule has 1 aromatic carbocycles. The molecule has 1 aromatic rings. The Balaban J connectivity index is 2.19. The fourth-order valence-electron chi connectivity index (χ4n) is 1.96. The standard InChI is InChI=1S/C16H23NO2/c1-2-3-4-5-6-7-12-17-15-10-8-14(9-11-15)16(19)13-18/h8-11,13,17H,2-7,12H2,1H3. The maximum absolute atomic E-state index is 11.1. The quantitative estimate of drug-likeness (QED) is 0.301. The molecule has 0 amide bonds. The van der Waals surface area contributed by atoms with E-state index in [1.54, 1.807) is 12.1 Å². The monoisotopic (exact) mass is 261 g/mol. The number of anilines is 1. The molecule has 104 valence electrons.